The zero-order valence-electron chi connectivity index (χ0n) is 32.7. The molecule has 0 unspecified atom stereocenters. The van der Waals surface area contributed by atoms with Crippen LogP contribution in [0, 0.1) is 5.92 Å². The van der Waals surface area contributed by atoms with Crippen molar-refractivity contribution in [3.63, 3.8) is 0 Å². The summed E-state index contributed by atoms with van der Waals surface area (Å²) in [6.07, 6.45) is -0.128. The number of amides is 2. The first-order chi connectivity index (χ1) is 27.0. The number of carbonyl (C=O) groups excluding carboxylic acids is 3. The van der Waals surface area contributed by atoms with Gasteiger partial charge in [-0.3, -0.25) is 9.78 Å². The van der Waals surface area contributed by atoms with Gasteiger partial charge in [0.1, 0.15) is 22.3 Å². The molecule has 1 aliphatic carbocycles. The van der Waals surface area contributed by atoms with Crippen LogP contribution in [0.2, 0.25) is 0 Å². The number of allylic oxidation sites excluding steroid dienone is 3. The highest BCUT2D eigenvalue weighted by molar-refractivity contribution is 7.95. The van der Waals surface area contributed by atoms with Crippen LogP contribution in [-0.4, -0.2) is 82.6 Å². The summed E-state index contributed by atoms with van der Waals surface area (Å²) in [5, 5.41) is 13.5. The number of halogens is 3. The fourth-order valence-corrected chi connectivity index (χ4v) is 9.23. The molecule has 0 spiro atoms. The highest BCUT2D eigenvalue weighted by Gasteiger charge is 2.56. The number of hydrogen-bond donors (Lipinski definition) is 2. The van der Waals surface area contributed by atoms with Crippen molar-refractivity contribution in [3.8, 4) is 11.3 Å². The van der Waals surface area contributed by atoms with E-state index in [0.717, 1.165) is 25.0 Å². The number of ketones is 1. The molecule has 2 bridgehead atoms. The number of ether oxygens (including phenoxy) is 2. The van der Waals surface area contributed by atoms with Crippen LogP contribution in [0.3, 0.4) is 0 Å². The number of hydrogen-bond acceptors (Lipinski definition) is 12. The van der Waals surface area contributed by atoms with Gasteiger partial charge in [0.05, 0.1) is 33.6 Å². The molecular formula is C40H43F3N6O8S. The van der Waals surface area contributed by atoms with Gasteiger partial charge < -0.3 is 29.4 Å². The SMILES string of the molecule is CC(C)(C)OC(=O)N[C@H]1CS(=O)(=O)C2=C(C1=O)C(Cc1ccc(-c3ccc(C(F)(F)F)cc3)nc1)=CC(c1nnc(C34CC(CN(C(=O)OC(C)(C)C)C3)C4)o1)=CN2. The summed E-state index contributed by atoms with van der Waals surface area (Å²) in [6.45, 7) is 11.1. The van der Waals surface area contributed by atoms with Crippen molar-refractivity contribution in [1.29, 1.82) is 0 Å². The number of nitrogens with zero attached hydrogens (tertiary/aromatic N) is 4. The lowest BCUT2D eigenvalue weighted by molar-refractivity contribution is -0.137. The molecule has 0 radical (unpaired) electrons. The molecule has 2 aromatic heterocycles. The van der Waals surface area contributed by atoms with Crippen molar-refractivity contribution in [1.82, 2.24) is 30.7 Å². The van der Waals surface area contributed by atoms with Gasteiger partial charge in [-0.15, -0.1) is 10.2 Å². The molecule has 2 saturated heterocycles. The Labute approximate surface area is 332 Å². The van der Waals surface area contributed by atoms with Crippen LogP contribution >= 0.6 is 0 Å². The summed E-state index contributed by atoms with van der Waals surface area (Å²) >= 11 is 0. The lowest BCUT2D eigenvalue weighted by Crippen LogP contribution is -2.61. The van der Waals surface area contributed by atoms with Gasteiger partial charge >= 0.3 is 18.4 Å². The fourth-order valence-electron chi connectivity index (χ4n) is 7.61. The van der Waals surface area contributed by atoms with Gasteiger partial charge in [-0.2, -0.15) is 13.2 Å². The number of carbonyl (C=O) groups is 3. The number of alkyl carbamates (subject to hydrolysis) is 1. The first kappa shape index (κ1) is 40.7. The topological polar surface area (TPSA) is 183 Å². The van der Waals surface area contributed by atoms with Gasteiger partial charge in [0, 0.05) is 31.0 Å². The average molecular weight is 825 g/mol. The highest BCUT2D eigenvalue weighted by Crippen LogP contribution is 2.52. The van der Waals surface area contributed by atoms with Crippen molar-refractivity contribution >= 4 is 33.4 Å². The molecule has 1 saturated carbocycles. The average Bonchev–Trinajstić information content (AvgIpc) is 3.52. The lowest BCUT2D eigenvalue weighted by atomic mass is 9.58. The Hall–Kier alpha value is -5.52. The van der Waals surface area contributed by atoms with Gasteiger partial charge in [0.25, 0.3) is 0 Å². The van der Waals surface area contributed by atoms with Gasteiger partial charge in [-0.05, 0) is 102 Å². The Morgan fingerprint density at radius 3 is 2.31 bits per heavy atom. The van der Waals surface area contributed by atoms with E-state index in [4.69, 9.17) is 13.9 Å². The van der Waals surface area contributed by atoms with E-state index in [1.807, 2.05) is 0 Å². The van der Waals surface area contributed by atoms with E-state index in [1.165, 1.54) is 24.5 Å². The first-order valence-corrected chi connectivity index (χ1v) is 20.3. The lowest BCUT2D eigenvalue weighted by Gasteiger charge is -2.54. The Morgan fingerprint density at radius 2 is 1.69 bits per heavy atom. The van der Waals surface area contributed by atoms with Crippen LogP contribution in [-0.2, 0) is 42.1 Å². The van der Waals surface area contributed by atoms with Gasteiger partial charge in [-0.1, -0.05) is 18.2 Å². The molecule has 2 N–H and O–H groups in total. The van der Waals surface area contributed by atoms with E-state index in [9.17, 15) is 36.0 Å². The fraction of sp³-hybridized carbons (Fsp3) is 0.450. The summed E-state index contributed by atoms with van der Waals surface area (Å²) in [5.74, 6) is -0.877. The number of nitrogens with one attached hydrogen (secondary N) is 2. The number of aromatic nitrogens is 3. The smallest absolute Gasteiger partial charge is 0.416 e. The summed E-state index contributed by atoms with van der Waals surface area (Å²) in [4.78, 5) is 46.0. The number of alkyl halides is 3. The van der Waals surface area contributed by atoms with E-state index in [0.29, 0.717) is 35.8 Å². The van der Waals surface area contributed by atoms with Crippen LogP contribution in [0.5, 0.6) is 0 Å². The molecule has 14 nitrogen and oxygen atoms in total. The van der Waals surface area contributed by atoms with Gasteiger partial charge in [-0.25, -0.2) is 18.0 Å². The molecule has 3 aromatic rings. The predicted octanol–water partition coefficient (Wildman–Crippen LogP) is 6.26. The van der Waals surface area contributed by atoms with Crippen molar-refractivity contribution in [2.75, 3.05) is 18.8 Å². The number of rotatable bonds is 6. The molecule has 1 atom stereocenters. The van der Waals surface area contributed by atoms with E-state index < -0.39 is 68.0 Å². The highest BCUT2D eigenvalue weighted by atomic mass is 32.2. The summed E-state index contributed by atoms with van der Waals surface area (Å²) in [5.41, 5.74) is -1.38. The Morgan fingerprint density at radius 1 is 1.00 bits per heavy atom. The number of pyridine rings is 1. The Balaban J connectivity index is 1.21. The number of fused-ring (bicyclic) bond motifs is 2. The summed E-state index contributed by atoms with van der Waals surface area (Å²) in [7, 11) is -4.23. The molecular weight excluding hydrogens is 782 g/mol. The van der Waals surface area contributed by atoms with E-state index in [2.05, 4.69) is 25.8 Å². The number of piperidine rings is 2. The summed E-state index contributed by atoms with van der Waals surface area (Å²) < 4.78 is 84.3. The summed E-state index contributed by atoms with van der Waals surface area (Å²) in [6, 6.07) is 6.33. The first-order valence-electron chi connectivity index (χ1n) is 18.6. The zero-order chi connectivity index (χ0) is 42.0. The van der Waals surface area contributed by atoms with E-state index in [-0.39, 0.29) is 40.0 Å². The zero-order valence-corrected chi connectivity index (χ0v) is 33.5. The van der Waals surface area contributed by atoms with Crippen molar-refractivity contribution in [2.45, 2.75) is 89.6 Å². The van der Waals surface area contributed by atoms with Crippen LogP contribution in [0.1, 0.15) is 77.3 Å². The number of benzene rings is 1. The predicted molar refractivity (Wildman–Crippen MR) is 203 cm³/mol. The third-order valence-electron chi connectivity index (χ3n) is 10.0. The Bertz CT molecular complexity index is 2350. The standard InChI is InChI=1S/C40H43F3N6O8S/c1-37(2,3)56-35(51)46-29-20-58(53,54)33-30(31(29)50)25(13-22-7-12-28(44-17-22)24-8-10-27(11-9-24)40(41,42)43)14-26(18-45-33)32-47-48-34(55-32)39-15-23(16-39)19-49(21-39)36(52)57-38(4,5)6/h7-12,14,17-18,23,29,45H,13,15-16,19-21H2,1-6H3,(H,46,51)/t23?,29-,39?/m0/s1. The molecule has 5 aliphatic rings. The third-order valence-corrected chi connectivity index (χ3v) is 11.7. The minimum Gasteiger partial charge on any atom is -0.444 e. The Kier molecular flexibility index (Phi) is 10.1. The monoisotopic (exact) mass is 824 g/mol. The third kappa shape index (κ3) is 8.51. The van der Waals surface area contributed by atoms with Crippen LogP contribution in [0.4, 0.5) is 22.8 Å². The maximum absolute atomic E-state index is 14.2. The number of sulfone groups is 1. The molecule has 1 aromatic carbocycles. The van der Waals surface area contributed by atoms with Crippen LogP contribution in [0.25, 0.3) is 16.8 Å². The van der Waals surface area contributed by atoms with Crippen molar-refractivity contribution < 1.29 is 49.9 Å². The van der Waals surface area contributed by atoms with Crippen LogP contribution in [0.15, 0.2) is 75.5 Å². The van der Waals surface area contributed by atoms with Gasteiger partial charge in [0.15, 0.2) is 15.6 Å². The minimum atomic E-state index is -4.50. The second-order valence-corrected chi connectivity index (χ2v) is 19.1. The molecule has 18 heteroatoms. The second-order valence-electron chi connectivity index (χ2n) is 17.1. The quantitative estimate of drug-likeness (QED) is 0.285. The van der Waals surface area contributed by atoms with Gasteiger partial charge in [0.2, 0.25) is 11.8 Å². The maximum Gasteiger partial charge on any atom is 0.416 e. The molecule has 4 aliphatic heterocycles. The normalized spacial score (nSPS) is 23.1. The molecule has 8 rings (SSSR count). The maximum atomic E-state index is 14.2. The minimum absolute atomic E-state index is 0.0242. The van der Waals surface area contributed by atoms with E-state index >= 15 is 0 Å². The van der Waals surface area contributed by atoms with E-state index in [1.54, 1.807) is 64.7 Å². The second kappa shape index (κ2) is 14.4. The molecule has 308 valence electrons. The van der Waals surface area contributed by atoms with Crippen LogP contribution < -0.4 is 10.6 Å². The molecule has 58 heavy (non-hydrogen) atoms. The molecule has 3 fully saturated rings. The molecule has 2 amide bonds. The largest absolute Gasteiger partial charge is 0.444 e. The van der Waals surface area contributed by atoms with Crippen molar-refractivity contribution in [3.05, 3.63) is 94.0 Å². The van der Waals surface area contributed by atoms with Crippen molar-refractivity contribution in [2.24, 2.45) is 5.92 Å². The molecule has 6 heterocycles. The number of Topliss-reactive ketones (excluding diaryl/α,β-unsaturated/α-hetero) is 1.